The van der Waals surface area contributed by atoms with Crippen LogP contribution in [0.2, 0.25) is 0 Å². The molecule has 0 unspecified atom stereocenters. The Bertz CT molecular complexity index is 814. The molecule has 0 aromatic heterocycles. The Hall–Kier alpha value is -2.64. The van der Waals surface area contributed by atoms with Crippen LogP contribution in [0.1, 0.15) is 23.1 Å². The zero-order chi connectivity index (χ0) is 22.8. The van der Waals surface area contributed by atoms with Crippen LogP contribution in [0, 0.1) is 6.92 Å². The second-order valence-electron chi connectivity index (χ2n) is 7.28. The summed E-state index contributed by atoms with van der Waals surface area (Å²) in [6.07, 6.45) is 1.86. The molecule has 0 saturated carbocycles. The van der Waals surface area contributed by atoms with E-state index in [1.807, 2.05) is 19.1 Å². The van der Waals surface area contributed by atoms with E-state index in [9.17, 15) is 0 Å². The number of nitrogens with zero attached hydrogens (tertiary/aromatic N) is 1. The van der Waals surface area contributed by atoms with Gasteiger partial charge in [-0.15, -0.1) is 0 Å². The molecule has 2 aromatic rings. The molecule has 0 radical (unpaired) electrons. The highest BCUT2D eigenvalue weighted by molar-refractivity contribution is 5.53. The smallest absolute Gasteiger partial charge is 0.203 e. The molecular weight excluding hydrogens is 398 g/mol. The Morgan fingerprint density at radius 3 is 1.81 bits per heavy atom. The Morgan fingerprint density at radius 1 is 0.774 bits per heavy atom. The van der Waals surface area contributed by atoms with Crippen LogP contribution in [-0.4, -0.2) is 65.3 Å². The van der Waals surface area contributed by atoms with Crippen molar-refractivity contribution in [3.63, 3.8) is 0 Å². The normalized spacial score (nSPS) is 12.9. The van der Waals surface area contributed by atoms with Gasteiger partial charge in [0, 0.05) is 26.2 Å². The van der Waals surface area contributed by atoms with E-state index in [2.05, 4.69) is 17.0 Å². The van der Waals surface area contributed by atoms with E-state index in [0.29, 0.717) is 17.2 Å². The Balaban J connectivity index is 0.000000233. The summed E-state index contributed by atoms with van der Waals surface area (Å²) in [5.41, 5.74) is 3.72. The lowest BCUT2D eigenvalue weighted by Gasteiger charge is -2.29. The molecule has 0 spiro atoms. The van der Waals surface area contributed by atoms with Crippen LogP contribution < -0.4 is 23.7 Å². The minimum Gasteiger partial charge on any atom is -0.493 e. The number of hydrogen-bond donors (Lipinski definition) is 1. The van der Waals surface area contributed by atoms with E-state index in [4.69, 9.17) is 28.8 Å². The van der Waals surface area contributed by atoms with Gasteiger partial charge < -0.3 is 28.8 Å². The first kappa shape index (κ1) is 24.6. The molecule has 0 atom stereocenters. The van der Waals surface area contributed by atoms with Crippen LogP contribution in [0.15, 0.2) is 24.3 Å². The number of aliphatic hydroxyl groups is 1. The topological polar surface area (TPSA) is 69.6 Å². The molecular formula is C24H35NO6. The summed E-state index contributed by atoms with van der Waals surface area (Å²) in [6.45, 7) is 5.15. The highest BCUT2D eigenvalue weighted by Crippen LogP contribution is 2.37. The van der Waals surface area contributed by atoms with Crippen LogP contribution >= 0.6 is 0 Å². The summed E-state index contributed by atoms with van der Waals surface area (Å²) in [7, 11) is 8.14. The van der Waals surface area contributed by atoms with E-state index in [1.165, 1.54) is 11.1 Å². The molecule has 1 aliphatic heterocycles. The highest BCUT2D eigenvalue weighted by atomic mass is 16.5. The van der Waals surface area contributed by atoms with Gasteiger partial charge in [0.05, 0.1) is 35.5 Å². The molecule has 0 saturated heterocycles. The van der Waals surface area contributed by atoms with Gasteiger partial charge in [-0.3, -0.25) is 4.90 Å². The van der Waals surface area contributed by atoms with E-state index < -0.39 is 0 Å². The van der Waals surface area contributed by atoms with E-state index >= 15 is 0 Å². The van der Waals surface area contributed by atoms with Gasteiger partial charge in [-0.2, -0.15) is 0 Å². The Morgan fingerprint density at radius 2 is 1.32 bits per heavy atom. The van der Waals surface area contributed by atoms with Gasteiger partial charge in [0.15, 0.2) is 23.0 Å². The molecule has 31 heavy (non-hydrogen) atoms. The first-order valence-electron chi connectivity index (χ1n) is 10.3. The molecule has 0 aliphatic carbocycles. The predicted octanol–water partition coefficient (Wildman–Crippen LogP) is 3.47. The second kappa shape index (κ2) is 12.3. The molecule has 0 fully saturated rings. The molecule has 2 aromatic carbocycles. The number of aryl methyl sites for hydroxylation is 1. The lowest BCUT2D eigenvalue weighted by molar-refractivity contribution is 0.211. The van der Waals surface area contributed by atoms with Crippen molar-refractivity contribution in [2.24, 2.45) is 0 Å². The summed E-state index contributed by atoms with van der Waals surface area (Å²) >= 11 is 0. The third kappa shape index (κ3) is 6.42. The molecule has 1 aliphatic rings. The van der Waals surface area contributed by atoms with Crippen LogP contribution in [0.3, 0.4) is 0 Å². The van der Waals surface area contributed by atoms with Crippen molar-refractivity contribution in [3.05, 3.63) is 41.0 Å². The van der Waals surface area contributed by atoms with Gasteiger partial charge in [-0.05, 0) is 60.7 Å². The average Bonchev–Trinajstić information content (AvgIpc) is 2.81. The van der Waals surface area contributed by atoms with Crippen LogP contribution in [0.25, 0.3) is 0 Å². The lowest BCUT2D eigenvalue weighted by atomic mass is 9.98. The standard InChI is InChI=1S/C14H21NO3.C10H14O3/c1-17-13-8-11-4-6-15(5-3-7-16)10-12(11)9-14(13)18-2;1-7-5-8(11-2)10(13-4)9(6-7)12-3/h8-9,16H,3-7,10H2,1-2H3;5-6H,1-4H3. The third-order valence-electron chi connectivity index (χ3n) is 5.24. The summed E-state index contributed by atoms with van der Waals surface area (Å²) in [5, 5.41) is 8.88. The van der Waals surface area contributed by atoms with Gasteiger partial charge in [0.1, 0.15) is 0 Å². The lowest BCUT2D eigenvalue weighted by Crippen LogP contribution is -2.31. The average molecular weight is 434 g/mol. The van der Waals surface area contributed by atoms with Crippen molar-refractivity contribution < 1.29 is 28.8 Å². The first-order valence-corrected chi connectivity index (χ1v) is 10.3. The first-order chi connectivity index (χ1) is 15.0. The van der Waals surface area contributed by atoms with Gasteiger partial charge >= 0.3 is 0 Å². The fraction of sp³-hybridized carbons (Fsp3) is 0.500. The van der Waals surface area contributed by atoms with Crippen LogP contribution in [0.5, 0.6) is 28.7 Å². The number of methoxy groups -OCH3 is 5. The highest BCUT2D eigenvalue weighted by Gasteiger charge is 2.19. The van der Waals surface area contributed by atoms with Crippen molar-refractivity contribution >= 4 is 0 Å². The van der Waals surface area contributed by atoms with Crippen molar-refractivity contribution in [1.29, 1.82) is 0 Å². The van der Waals surface area contributed by atoms with E-state index in [-0.39, 0.29) is 6.61 Å². The molecule has 1 heterocycles. The minimum absolute atomic E-state index is 0.259. The van der Waals surface area contributed by atoms with Crippen molar-refractivity contribution in [2.45, 2.75) is 26.3 Å². The van der Waals surface area contributed by atoms with Gasteiger partial charge in [0.25, 0.3) is 0 Å². The largest absolute Gasteiger partial charge is 0.493 e. The zero-order valence-electron chi connectivity index (χ0n) is 19.5. The van der Waals surface area contributed by atoms with E-state index in [1.54, 1.807) is 35.5 Å². The molecule has 0 bridgehead atoms. The minimum atomic E-state index is 0.259. The molecule has 0 amide bonds. The SMILES string of the molecule is COc1cc(C)cc(OC)c1OC.COc1cc2c(cc1OC)CN(CCCO)CC2. The molecule has 1 N–H and O–H groups in total. The number of ether oxygens (including phenoxy) is 5. The van der Waals surface area contributed by atoms with Gasteiger partial charge in [-0.1, -0.05) is 0 Å². The Kier molecular flexibility index (Phi) is 9.75. The van der Waals surface area contributed by atoms with Crippen LogP contribution in [-0.2, 0) is 13.0 Å². The number of rotatable bonds is 8. The number of hydrogen-bond acceptors (Lipinski definition) is 7. The maximum absolute atomic E-state index is 8.88. The maximum atomic E-state index is 8.88. The quantitative estimate of drug-likeness (QED) is 0.684. The molecule has 7 heteroatoms. The van der Waals surface area contributed by atoms with Crippen LogP contribution in [0.4, 0.5) is 0 Å². The number of benzene rings is 2. The number of fused-ring (bicyclic) bond motifs is 1. The zero-order valence-corrected chi connectivity index (χ0v) is 19.5. The second-order valence-corrected chi connectivity index (χ2v) is 7.28. The summed E-state index contributed by atoms with van der Waals surface area (Å²) in [5.74, 6) is 3.62. The van der Waals surface area contributed by atoms with Crippen molar-refractivity contribution in [3.8, 4) is 28.7 Å². The monoisotopic (exact) mass is 433 g/mol. The van der Waals surface area contributed by atoms with E-state index in [0.717, 1.165) is 49.5 Å². The number of aliphatic hydroxyl groups excluding tert-OH is 1. The maximum Gasteiger partial charge on any atom is 0.203 e. The predicted molar refractivity (Wildman–Crippen MR) is 121 cm³/mol. The molecule has 172 valence electrons. The fourth-order valence-corrected chi connectivity index (χ4v) is 3.64. The van der Waals surface area contributed by atoms with Crippen molar-refractivity contribution in [2.75, 3.05) is 55.2 Å². The Labute approximate surface area is 185 Å². The summed E-state index contributed by atoms with van der Waals surface area (Å²) < 4.78 is 26.1. The third-order valence-corrected chi connectivity index (χ3v) is 5.24. The molecule has 7 nitrogen and oxygen atoms in total. The van der Waals surface area contributed by atoms with Gasteiger partial charge in [-0.25, -0.2) is 0 Å². The summed E-state index contributed by atoms with van der Waals surface area (Å²) in [6, 6.07) is 7.96. The summed E-state index contributed by atoms with van der Waals surface area (Å²) in [4.78, 5) is 2.37. The fourth-order valence-electron chi connectivity index (χ4n) is 3.64. The molecule has 3 rings (SSSR count). The van der Waals surface area contributed by atoms with Gasteiger partial charge in [0.2, 0.25) is 5.75 Å². The van der Waals surface area contributed by atoms with Crippen molar-refractivity contribution in [1.82, 2.24) is 4.90 Å².